The van der Waals surface area contributed by atoms with Crippen molar-refractivity contribution < 1.29 is 9.90 Å². The van der Waals surface area contributed by atoms with Gasteiger partial charge in [-0.15, -0.1) is 0 Å². The topological polar surface area (TPSA) is 87.4 Å². The smallest absolute Gasteiger partial charge is 0.322 e. The molecule has 0 aliphatic rings. The Bertz CT molecular complexity index is 300. The Balaban J connectivity index is 0.000000360. The number of carbonyl (C=O) groups is 1. The van der Waals surface area contributed by atoms with Crippen molar-refractivity contribution in [3.05, 3.63) is 30.3 Å². The van der Waals surface area contributed by atoms with E-state index < -0.39 is 5.97 Å². The third kappa shape index (κ3) is 10.9. The van der Waals surface area contributed by atoms with Crippen LogP contribution in [0.3, 0.4) is 0 Å². The van der Waals surface area contributed by atoms with Crippen LogP contribution in [0.25, 0.3) is 0 Å². The summed E-state index contributed by atoms with van der Waals surface area (Å²) in [5.41, 5.74) is 3.43. The van der Waals surface area contributed by atoms with Gasteiger partial charge in [0, 0.05) is 12.2 Å². The van der Waals surface area contributed by atoms with Crippen LogP contribution in [0, 0.1) is 0 Å². The number of nitrogens with two attached hydrogens (primary N) is 1. The first-order chi connectivity index (χ1) is 8.70. The second-order valence-electron chi connectivity index (χ2n) is 3.77. The van der Waals surface area contributed by atoms with Gasteiger partial charge in [-0.2, -0.15) is 0 Å². The quantitative estimate of drug-likeness (QED) is 0.338. The summed E-state index contributed by atoms with van der Waals surface area (Å²) in [6.07, 6.45) is 3.75. The van der Waals surface area contributed by atoms with E-state index in [1.54, 1.807) is 0 Å². The molecule has 1 rings (SSSR count). The van der Waals surface area contributed by atoms with Gasteiger partial charge in [-0.3, -0.25) is 16.1 Å². The lowest BCUT2D eigenvalue weighted by Crippen LogP contribution is -2.22. The summed E-state index contributed by atoms with van der Waals surface area (Å²) in [6, 6.07) is 9.23. The molecule has 0 atom stereocenters. The number of nitrogens with one attached hydrogen (secondary N) is 2. The zero-order chi connectivity index (χ0) is 13.6. The van der Waals surface area contributed by atoms with Crippen molar-refractivity contribution in [1.29, 1.82) is 0 Å². The predicted molar refractivity (Wildman–Crippen MR) is 74.3 cm³/mol. The van der Waals surface area contributed by atoms with Gasteiger partial charge in [0.1, 0.15) is 6.54 Å². The highest BCUT2D eigenvalue weighted by atomic mass is 16.4. The monoisotopic (exact) mass is 253 g/mol. The number of carboxylic acid groups (broad SMARTS) is 1. The van der Waals surface area contributed by atoms with Crippen LogP contribution in [0.4, 0.5) is 5.69 Å². The summed E-state index contributed by atoms with van der Waals surface area (Å²) < 4.78 is 0. The van der Waals surface area contributed by atoms with Gasteiger partial charge < -0.3 is 10.4 Å². The number of hydrazine groups is 1. The molecule has 5 heteroatoms. The van der Waals surface area contributed by atoms with Gasteiger partial charge in [0.25, 0.3) is 0 Å². The summed E-state index contributed by atoms with van der Waals surface area (Å²) in [7, 11) is 0. The molecule has 0 amide bonds. The fraction of sp³-hybridized carbons (Fsp3) is 0.462. The van der Waals surface area contributed by atoms with E-state index in [4.69, 9.17) is 10.9 Å². The van der Waals surface area contributed by atoms with E-state index in [0.29, 0.717) is 0 Å². The summed E-state index contributed by atoms with van der Waals surface area (Å²) in [4.78, 5) is 10.1. The van der Waals surface area contributed by atoms with Crippen molar-refractivity contribution in [1.82, 2.24) is 5.43 Å². The Morgan fingerprint density at radius 2 is 1.94 bits per heavy atom. The van der Waals surface area contributed by atoms with Crippen LogP contribution in [-0.2, 0) is 4.79 Å². The summed E-state index contributed by atoms with van der Waals surface area (Å²) in [5, 5.41) is 11.1. The molecule has 102 valence electrons. The average molecular weight is 253 g/mol. The Labute approximate surface area is 108 Å². The molecule has 18 heavy (non-hydrogen) atoms. The average Bonchev–Trinajstić information content (AvgIpc) is 2.39. The van der Waals surface area contributed by atoms with Crippen molar-refractivity contribution in [3.8, 4) is 0 Å². The van der Waals surface area contributed by atoms with Crippen LogP contribution in [0.2, 0.25) is 0 Å². The number of para-hydroxylation sites is 1. The number of anilines is 1. The number of hydrogen-bond donors (Lipinski definition) is 4. The highest BCUT2D eigenvalue weighted by Crippen LogP contribution is 2.03. The molecule has 5 N–H and O–H groups in total. The second-order valence-corrected chi connectivity index (χ2v) is 3.77. The minimum Gasteiger partial charge on any atom is -0.480 e. The van der Waals surface area contributed by atoms with Crippen LogP contribution in [0.5, 0.6) is 0 Å². The maximum absolute atomic E-state index is 10.1. The number of hydrogen-bond acceptors (Lipinski definition) is 4. The van der Waals surface area contributed by atoms with Gasteiger partial charge in [0.15, 0.2) is 0 Å². The third-order valence-electron chi connectivity index (χ3n) is 2.14. The third-order valence-corrected chi connectivity index (χ3v) is 2.14. The van der Waals surface area contributed by atoms with Crippen molar-refractivity contribution in [3.63, 3.8) is 0 Å². The van der Waals surface area contributed by atoms with Crippen LogP contribution in [-0.4, -0.2) is 24.2 Å². The van der Waals surface area contributed by atoms with Crippen LogP contribution < -0.4 is 16.6 Å². The Morgan fingerprint density at radius 1 is 1.28 bits per heavy atom. The molecular formula is C13H23N3O2. The van der Waals surface area contributed by atoms with E-state index in [1.807, 2.05) is 30.3 Å². The SMILES string of the molecule is CCCCCNN.O=C(O)CNc1ccccc1. The molecule has 0 heterocycles. The molecule has 0 bridgehead atoms. The molecule has 0 saturated heterocycles. The summed E-state index contributed by atoms with van der Waals surface area (Å²) in [6.45, 7) is 3.09. The standard InChI is InChI=1S/C8H9NO2.C5H14N2/c10-8(11)6-9-7-4-2-1-3-5-7;1-2-3-4-5-7-6/h1-5,9H,6H2,(H,10,11);7H,2-6H2,1H3. The molecule has 0 radical (unpaired) electrons. The van der Waals surface area contributed by atoms with Crippen molar-refractivity contribution in [2.75, 3.05) is 18.4 Å². The minimum absolute atomic E-state index is 0.0377. The van der Waals surface area contributed by atoms with Crippen LogP contribution in [0.1, 0.15) is 26.2 Å². The molecule has 1 aromatic carbocycles. The van der Waals surface area contributed by atoms with E-state index in [-0.39, 0.29) is 6.54 Å². The number of benzene rings is 1. The van der Waals surface area contributed by atoms with Gasteiger partial charge in [0.05, 0.1) is 0 Å². The van der Waals surface area contributed by atoms with E-state index >= 15 is 0 Å². The normalized spacial score (nSPS) is 9.22. The number of carboxylic acids is 1. The molecule has 5 nitrogen and oxygen atoms in total. The lowest BCUT2D eigenvalue weighted by molar-refractivity contribution is -0.134. The van der Waals surface area contributed by atoms with E-state index in [2.05, 4.69) is 17.7 Å². The molecule has 0 aromatic heterocycles. The molecule has 0 unspecified atom stereocenters. The first-order valence-corrected chi connectivity index (χ1v) is 6.14. The maximum atomic E-state index is 10.1. The Morgan fingerprint density at radius 3 is 2.44 bits per heavy atom. The van der Waals surface area contributed by atoms with Crippen molar-refractivity contribution in [2.24, 2.45) is 5.84 Å². The lowest BCUT2D eigenvalue weighted by atomic mass is 10.3. The molecule has 0 aliphatic heterocycles. The summed E-state index contributed by atoms with van der Waals surface area (Å²) in [5.74, 6) is 4.17. The Hall–Kier alpha value is -1.59. The summed E-state index contributed by atoms with van der Waals surface area (Å²) >= 11 is 0. The van der Waals surface area contributed by atoms with Gasteiger partial charge >= 0.3 is 5.97 Å². The van der Waals surface area contributed by atoms with Crippen molar-refractivity contribution >= 4 is 11.7 Å². The molecule has 0 fully saturated rings. The highest BCUT2D eigenvalue weighted by molar-refractivity contribution is 5.72. The fourth-order valence-corrected chi connectivity index (χ4v) is 1.21. The minimum atomic E-state index is -0.853. The number of aliphatic carboxylic acids is 1. The molecule has 0 aliphatic carbocycles. The van der Waals surface area contributed by atoms with E-state index in [1.165, 1.54) is 19.3 Å². The number of rotatable bonds is 7. The predicted octanol–water partition coefficient (Wildman–Crippen LogP) is 1.82. The van der Waals surface area contributed by atoms with Gasteiger partial charge in [-0.25, -0.2) is 0 Å². The molecule has 1 aromatic rings. The first kappa shape index (κ1) is 16.4. The van der Waals surface area contributed by atoms with Gasteiger partial charge in [0.2, 0.25) is 0 Å². The number of unbranched alkanes of at least 4 members (excludes halogenated alkanes) is 2. The van der Waals surface area contributed by atoms with Gasteiger partial charge in [-0.05, 0) is 18.6 Å². The Kier molecular flexibility index (Phi) is 10.8. The van der Waals surface area contributed by atoms with Crippen LogP contribution >= 0.6 is 0 Å². The molecule has 0 spiro atoms. The largest absolute Gasteiger partial charge is 0.480 e. The van der Waals surface area contributed by atoms with E-state index in [9.17, 15) is 4.79 Å². The first-order valence-electron chi connectivity index (χ1n) is 6.14. The molecule has 0 saturated carbocycles. The zero-order valence-corrected chi connectivity index (χ0v) is 10.9. The van der Waals surface area contributed by atoms with Gasteiger partial charge in [-0.1, -0.05) is 38.0 Å². The van der Waals surface area contributed by atoms with E-state index in [0.717, 1.165) is 12.2 Å². The molecular weight excluding hydrogens is 230 g/mol. The fourth-order valence-electron chi connectivity index (χ4n) is 1.21. The lowest BCUT2D eigenvalue weighted by Gasteiger charge is -2.00. The highest BCUT2D eigenvalue weighted by Gasteiger charge is 1.94. The zero-order valence-electron chi connectivity index (χ0n) is 10.9. The maximum Gasteiger partial charge on any atom is 0.322 e. The van der Waals surface area contributed by atoms with Crippen molar-refractivity contribution in [2.45, 2.75) is 26.2 Å². The van der Waals surface area contributed by atoms with Crippen LogP contribution in [0.15, 0.2) is 30.3 Å². The second kappa shape index (κ2) is 11.9.